The molecule has 0 aliphatic rings. The van der Waals surface area contributed by atoms with Gasteiger partial charge < -0.3 is 0 Å². The molecule has 0 aromatic heterocycles. The van der Waals surface area contributed by atoms with E-state index in [1.54, 1.807) is 0 Å². The summed E-state index contributed by atoms with van der Waals surface area (Å²) in [5, 5.41) is 10.3. The minimum absolute atomic E-state index is 1.22. The number of benzene rings is 9. The Morgan fingerprint density at radius 3 is 1.57 bits per heavy atom. The predicted octanol–water partition coefficient (Wildman–Crippen LogP) is 16.1. The molecule has 0 heteroatoms. The molecule has 0 aliphatic carbocycles. The van der Waals surface area contributed by atoms with E-state index < -0.39 is 0 Å². The Bertz CT molecular complexity index is 2730. The Morgan fingerprint density at radius 1 is 0.352 bits per heavy atom. The molecule has 0 fully saturated rings. The molecule has 0 unspecified atom stereocenters. The van der Waals surface area contributed by atoms with Gasteiger partial charge in [-0.1, -0.05) is 185 Å². The highest BCUT2D eigenvalue weighted by atomic mass is 14.2. The minimum atomic E-state index is 1.22. The molecule has 264 valence electrons. The summed E-state index contributed by atoms with van der Waals surface area (Å²) >= 11 is 0. The summed E-state index contributed by atoms with van der Waals surface area (Å²) in [6.45, 7) is 11.1. The van der Waals surface area contributed by atoms with E-state index in [2.05, 4.69) is 198 Å². The topological polar surface area (TPSA) is 0 Å². The predicted molar refractivity (Wildman–Crippen MR) is 238 cm³/mol. The lowest BCUT2D eigenvalue weighted by molar-refractivity contribution is 0.772. The summed E-state index contributed by atoms with van der Waals surface area (Å²) in [5.74, 6) is 0. The molecule has 54 heavy (non-hydrogen) atoms. The molecular formula is C54H48. The molecule has 0 atom stereocenters. The van der Waals surface area contributed by atoms with Crippen LogP contribution in [0.5, 0.6) is 0 Å². The number of fused-ring (bicyclic) bond motifs is 4. The Labute approximate surface area is 320 Å². The van der Waals surface area contributed by atoms with E-state index in [0.717, 1.165) is 0 Å². The van der Waals surface area contributed by atoms with Crippen LogP contribution in [0.15, 0.2) is 164 Å². The maximum Gasteiger partial charge on any atom is -0.00200 e. The second-order valence-corrected chi connectivity index (χ2v) is 14.7. The first-order valence-electron chi connectivity index (χ1n) is 19.6. The molecule has 9 aromatic rings. The van der Waals surface area contributed by atoms with Gasteiger partial charge >= 0.3 is 0 Å². The second-order valence-electron chi connectivity index (χ2n) is 14.7. The largest absolute Gasteiger partial charge is 0.0654 e. The van der Waals surface area contributed by atoms with E-state index in [9.17, 15) is 0 Å². The van der Waals surface area contributed by atoms with E-state index in [-0.39, 0.29) is 0 Å². The normalized spacial score (nSPS) is 11.3. The van der Waals surface area contributed by atoms with Crippen LogP contribution in [0.1, 0.15) is 49.8 Å². The monoisotopic (exact) mass is 696 g/mol. The highest BCUT2D eigenvalue weighted by molar-refractivity contribution is 6.23. The zero-order valence-electron chi connectivity index (χ0n) is 32.2. The Hall–Kier alpha value is -5.98. The van der Waals surface area contributed by atoms with Crippen molar-refractivity contribution >= 4 is 43.1 Å². The first-order chi connectivity index (χ1) is 26.5. The molecule has 0 bridgehead atoms. The summed E-state index contributed by atoms with van der Waals surface area (Å²) in [5.41, 5.74) is 14.1. The summed E-state index contributed by atoms with van der Waals surface area (Å²) in [4.78, 5) is 0. The van der Waals surface area contributed by atoms with Crippen LogP contribution in [-0.2, 0) is 0 Å². The van der Waals surface area contributed by atoms with Crippen LogP contribution >= 0.6 is 0 Å². The van der Waals surface area contributed by atoms with E-state index in [1.807, 2.05) is 0 Å². The lowest BCUT2D eigenvalue weighted by atomic mass is 9.83. The van der Waals surface area contributed by atoms with E-state index in [1.165, 1.54) is 124 Å². The fourth-order valence-corrected chi connectivity index (χ4v) is 8.48. The smallest absolute Gasteiger partial charge is 0.00200 e. The first kappa shape index (κ1) is 35.1. The average Bonchev–Trinajstić information content (AvgIpc) is 3.21. The number of rotatable bonds is 6. The third-order valence-electron chi connectivity index (χ3n) is 11.2. The highest BCUT2D eigenvalue weighted by Gasteiger charge is 2.19. The maximum atomic E-state index is 2.39. The summed E-state index contributed by atoms with van der Waals surface area (Å²) < 4.78 is 0. The number of aryl methyl sites for hydroxylation is 3. The minimum Gasteiger partial charge on any atom is -0.0654 e. The fourth-order valence-electron chi connectivity index (χ4n) is 8.48. The summed E-state index contributed by atoms with van der Waals surface area (Å²) in [6.07, 6.45) is 4.08. The third-order valence-corrected chi connectivity index (χ3v) is 11.2. The highest BCUT2D eigenvalue weighted by Crippen LogP contribution is 2.46. The van der Waals surface area contributed by atoms with E-state index in [0.29, 0.717) is 0 Å². The van der Waals surface area contributed by atoms with Gasteiger partial charge in [-0.3, -0.25) is 0 Å². The Balaban J connectivity index is 0.000000778. The fraction of sp³-hybridized carbons (Fsp3) is 0.148. The van der Waals surface area contributed by atoms with Crippen molar-refractivity contribution < 1.29 is 0 Å². The Morgan fingerprint density at radius 2 is 0.907 bits per heavy atom. The number of unbranched alkanes of at least 4 members (excludes halogenated alkanes) is 2. The van der Waals surface area contributed by atoms with Crippen LogP contribution in [-0.4, -0.2) is 0 Å². The van der Waals surface area contributed by atoms with Crippen molar-refractivity contribution in [1.82, 2.24) is 0 Å². The molecule has 0 spiro atoms. The quantitative estimate of drug-likeness (QED) is 0.152. The number of hydrogen-bond acceptors (Lipinski definition) is 0. The molecule has 9 aromatic carbocycles. The van der Waals surface area contributed by atoms with Crippen LogP contribution in [0.2, 0.25) is 0 Å². The lowest BCUT2D eigenvalue weighted by Crippen LogP contribution is -1.93. The molecule has 0 saturated carbocycles. The van der Waals surface area contributed by atoms with Crippen molar-refractivity contribution in [2.75, 3.05) is 0 Å². The van der Waals surface area contributed by atoms with Gasteiger partial charge in [0, 0.05) is 0 Å². The zero-order chi connectivity index (χ0) is 37.2. The molecule has 0 nitrogen and oxygen atoms in total. The van der Waals surface area contributed by atoms with Gasteiger partial charge in [0.2, 0.25) is 0 Å². The SMILES string of the molecule is CCCCC.Cc1ccc(-c2cccc(-c3c4ccccc4c(-c4cccc5cccc(C)c45)c4ccccc34)c2)cc1-c1ccc2ccccc2c1C. The molecule has 0 N–H and O–H groups in total. The molecule has 0 heterocycles. The molecule has 0 aliphatic heterocycles. The maximum absolute atomic E-state index is 2.39. The van der Waals surface area contributed by atoms with Gasteiger partial charge in [0.25, 0.3) is 0 Å². The Kier molecular flexibility index (Phi) is 9.85. The van der Waals surface area contributed by atoms with Crippen molar-refractivity contribution in [2.24, 2.45) is 0 Å². The summed E-state index contributed by atoms with van der Waals surface area (Å²) in [6, 6.07) is 60.6. The third kappa shape index (κ3) is 6.37. The van der Waals surface area contributed by atoms with Crippen molar-refractivity contribution in [3.8, 4) is 44.5 Å². The standard InChI is InChI=1S/C49H36.C5H12/c1-31-25-26-37(30-46(31)40-28-27-34-14-4-5-19-39(34)33(40)3)36-17-11-18-38(29-36)48-41-20-6-8-22-43(41)49(44-23-9-7-21-42(44)48)45-24-12-16-35-15-10-13-32(2)47(35)45;1-3-5-4-2/h4-30H,1-3H3;3-5H2,1-2H3. The first-order valence-corrected chi connectivity index (χ1v) is 19.6. The molecular weight excluding hydrogens is 649 g/mol. The van der Waals surface area contributed by atoms with Gasteiger partial charge in [0.15, 0.2) is 0 Å². The average molecular weight is 697 g/mol. The molecule has 0 amide bonds. The van der Waals surface area contributed by atoms with Crippen molar-refractivity contribution in [2.45, 2.75) is 53.9 Å². The summed E-state index contributed by atoms with van der Waals surface area (Å²) in [7, 11) is 0. The van der Waals surface area contributed by atoms with Gasteiger partial charge in [-0.2, -0.15) is 0 Å². The van der Waals surface area contributed by atoms with Crippen molar-refractivity contribution in [3.63, 3.8) is 0 Å². The van der Waals surface area contributed by atoms with Gasteiger partial charge in [-0.15, -0.1) is 0 Å². The van der Waals surface area contributed by atoms with Gasteiger partial charge in [-0.05, 0) is 137 Å². The van der Waals surface area contributed by atoms with Crippen LogP contribution in [0, 0.1) is 20.8 Å². The van der Waals surface area contributed by atoms with E-state index in [4.69, 9.17) is 0 Å². The van der Waals surface area contributed by atoms with Crippen molar-refractivity contribution in [3.05, 3.63) is 180 Å². The molecule has 0 saturated heterocycles. The van der Waals surface area contributed by atoms with Gasteiger partial charge in [0.1, 0.15) is 0 Å². The molecule has 9 rings (SSSR count). The van der Waals surface area contributed by atoms with Crippen LogP contribution in [0.4, 0.5) is 0 Å². The van der Waals surface area contributed by atoms with Crippen molar-refractivity contribution in [1.29, 1.82) is 0 Å². The second kappa shape index (κ2) is 15.2. The van der Waals surface area contributed by atoms with Gasteiger partial charge in [-0.25, -0.2) is 0 Å². The van der Waals surface area contributed by atoms with E-state index >= 15 is 0 Å². The van der Waals surface area contributed by atoms with Crippen LogP contribution < -0.4 is 0 Å². The zero-order valence-corrected chi connectivity index (χ0v) is 32.2. The number of hydrogen-bond donors (Lipinski definition) is 0. The van der Waals surface area contributed by atoms with Crippen LogP contribution in [0.25, 0.3) is 87.6 Å². The lowest BCUT2D eigenvalue weighted by Gasteiger charge is -2.20. The molecule has 0 radical (unpaired) electrons. The van der Waals surface area contributed by atoms with Gasteiger partial charge in [0.05, 0.1) is 0 Å². The van der Waals surface area contributed by atoms with Crippen LogP contribution in [0.3, 0.4) is 0 Å².